The van der Waals surface area contributed by atoms with Crippen molar-refractivity contribution in [2.75, 3.05) is 0 Å². The highest BCUT2D eigenvalue weighted by molar-refractivity contribution is 9.10. The zero-order chi connectivity index (χ0) is 13.0. The molecule has 0 saturated carbocycles. The molecule has 0 saturated heterocycles. The van der Waals surface area contributed by atoms with Gasteiger partial charge in [0, 0.05) is 23.7 Å². The Balaban J connectivity index is 1.90. The molecule has 4 heteroatoms. The van der Waals surface area contributed by atoms with Gasteiger partial charge in [-0.15, -0.1) is 0 Å². The second-order valence-corrected chi connectivity index (χ2v) is 4.99. The van der Waals surface area contributed by atoms with Crippen LogP contribution in [0.15, 0.2) is 45.5 Å². The molecule has 0 aliphatic heterocycles. The van der Waals surface area contributed by atoms with Crippen molar-refractivity contribution in [1.82, 2.24) is 0 Å². The molecule has 1 aromatic carbocycles. The Morgan fingerprint density at radius 1 is 1.33 bits per heavy atom. The zero-order valence-corrected chi connectivity index (χ0v) is 11.2. The SMILES string of the molecule is O=C(CCc1ccco1)Cc1cc(F)cc(Br)c1. The van der Waals surface area contributed by atoms with Crippen molar-refractivity contribution in [1.29, 1.82) is 0 Å². The summed E-state index contributed by atoms with van der Waals surface area (Å²) in [5.74, 6) is 0.533. The van der Waals surface area contributed by atoms with Gasteiger partial charge in [0.1, 0.15) is 17.4 Å². The molecule has 0 aliphatic carbocycles. The highest BCUT2D eigenvalue weighted by Gasteiger charge is 2.07. The lowest BCUT2D eigenvalue weighted by Gasteiger charge is -2.02. The Bertz CT molecular complexity index is 514. The Labute approximate surface area is 113 Å². The number of hydrogen-bond acceptors (Lipinski definition) is 2. The van der Waals surface area contributed by atoms with E-state index in [4.69, 9.17) is 4.42 Å². The van der Waals surface area contributed by atoms with Crippen molar-refractivity contribution in [3.63, 3.8) is 0 Å². The van der Waals surface area contributed by atoms with Crippen molar-refractivity contribution < 1.29 is 13.6 Å². The van der Waals surface area contributed by atoms with Crippen LogP contribution in [0.25, 0.3) is 0 Å². The van der Waals surface area contributed by atoms with Gasteiger partial charge < -0.3 is 4.42 Å². The van der Waals surface area contributed by atoms with Crippen molar-refractivity contribution >= 4 is 21.7 Å². The van der Waals surface area contributed by atoms with Gasteiger partial charge in [-0.2, -0.15) is 0 Å². The van der Waals surface area contributed by atoms with E-state index in [1.54, 1.807) is 18.4 Å². The van der Waals surface area contributed by atoms with Crippen molar-refractivity contribution in [2.24, 2.45) is 0 Å². The minimum absolute atomic E-state index is 0.0731. The van der Waals surface area contributed by atoms with E-state index in [1.807, 2.05) is 6.07 Å². The lowest BCUT2D eigenvalue weighted by molar-refractivity contribution is -0.118. The summed E-state index contributed by atoms with van der Waals surface area (Å²) in [6.07, 6.45) is 2.82. The number of halogens is 2. The second kappa shape index (κ2) is 5.96. The molecule has 0 spiro atoms. The van der Waals surface area contributed by atoms with Gasteiger partial charge in [-0.05, 0) is 35.9 Å². The van der Waals surface area contributed by atoms with Gasteiger partial charge in [-0.25, -0.2) is 4.39 Å². The van der Waals surface area contributed by atoms with E-state index in [2.05, 4.69) is 15.9 Å². The molecule has 0 radical (unpaired) electrons. The van der Waals surface area contributed by atoms with Gasteiger partial charge >= 0.3 is 0 Å². The number of aryl methyl sites for hydroxylation is 1. The second-order valence-electron chi connectivity index (χ2n) is 4.07. The van der Waals surface area contributed by atoms with Gasteiger partial charge in [0.15, 0.2) is 0 Å². The maximum absolute atomic E-state index is 13.1. The van der Waals surface area contributed by atoms with Gasteiger partial charge in [-0.3, -0.25) is 4.79 Å². The molecule has 94 valence electrons. The number of ketones is 1. The van der Waals surface area contributed by atoms with Crippen LogP contribution >= 0.6 is 15.9 Å². The molecule has 0 bridgehead atoms. The molecular formula is C14H12BrFO2. The maximum atomic E-state index is 13.1. The van der Waals surface area contributed by atoms with Crippen LogP contribution in [0.4, 0.5) is 4.39 Å². The predicted molar refractivity (Wildman–Crippen MR) is 69.8 cm³/mol. The largest absolute Gasteiger partial charge is 0.469 e. The van der Waals surface area contributed by atoms with E-state index in [0.29, 0.717) is 22.9 Å². The summed E-state index contributed by atoms with van der Waals surface area (Å²) >= 11 is 3.21. The first kappa shape index (κ1) is 13.0. The highest BCUT2D eigenvalue weighted by Crippen LogP contribution is 2.16. The number of rotatable bonds is 5. The van der Waals surface area contributed by atoms with Crippen LogP contribution in [-0.4, -0.2) is 5.78 Å². The van der Waals surface area contributed by atoms with Gasteiger partial charge in [0.2, 0.25) is 0 Å². The topological polar surface area (TPSA) is 30.2 Å². The molecule has 2 nitrogen and oxygen atoms in total. The summed E-state index contributed by atoms with van der Waals surface area (Å²) < 4.78 is 18.9. The first-order valence-corrected chi connectivity index (χ1v) is 6.42. The molecule has 0 fully saturated rings. The van der Waals surface area contributed by atoms with Gasteiger partial charge in [0.05, 0.1) is 6.26 Å². The zero-order valence-electron chi connectivity index (χ0n) is 9.66. The summed E-state index contributed by atoms with van der Waals surface area (Å²) in [5, 5.41) is 0. The van der Waals surface area contributed by atoms with Crippen LogP contribution in [0.3, 0.4) is 0 Å². The van der Waals surface area contributed by atoms with Crippen LogP contribution in [0, 0.1) is 5.82 Å². The lowest BCUT2D eigenvalue weighted by Crippen LogP contribution is -2.04. The minimum Gasteiger partial charge on any atom is -0.469 e. The number of benzene rings is 1. The standard InChI is InChI=1S/C14H12BrFO2/c15-11-6-10(7-12(16)9-11)8-13(17)3-4-14-2-1-5-18-14/h1-2,5-7,9H,3-4,8H2. The summed E-state index contributed by atoms with van der Waals surface area (Å²) in [4.78, 5) is 11.8. The van der Waals surface area contributed by atoms with E-state index in [0.717, 1.165) is 5.76 Å². The molecular weight excluding hydrogens is 299 g/mol. The molecule has 2 rings (SSSR count). The number of furan rings is 1. The average Bonchev–Trinajstić information content (AvgIpc) is 2.77. The monoisotopic (exact) mass is 310 g/mol. The third kappa shape index (κ3) is 3.81. The van der Waals surface area contributed by atoms with Gasteiger partial charge in [-0.1, -0.05) is 15.9 Å². The van der Waals surface area contributed by atoms with Crippen LogP contribution in [-0.2, 0) is 17.6 Å². The first-order chi connectivity index (χ1) is 8.63. The fourth-order valence-electron chi connectivity index (χ4n) is 1.75. The van der Waals surface area contributed by atoms with E-state index in [1.165, 1.54) is 12.1 Å². The normalized spacial score (nSPS) is 10.6. The fourth-order valence-corrected chi connectivity index (χ4v) is 2.26. The van der Waals surface area contributed by atoms with Crippen LogP contribution < -0.4 is 0 Å². The Hall–Kier alpha value is -1.42. The summed E-state index contributed by atoms with van der Waals surface area (Å²) in [5.41, 5.74) is 0.686. The molecule has 0 N–H and O–H groups in total. The quantitative estimate of drug-likeness (QED) is 0.837. The van der Waals surface area contributed by atoms with Crippen LogP contribution in [0.2, 0.25) is 0 Å². The number of hydrogen-bond donors (Lipinski definition) is 0. The Morgan fingerprint density at radius 3 is 2.83 bits per heavy atom. The van der Waals surface area contributed by atoms with Crippen LogP contribution in [0.5, 0.6) is 0 Å². The molecule has 1 heterocycles. The first-order valence-electron chi connectivity index (χ1n) is 5.62. The maximum Gasteiger partial charge on any atom is 0.137 e. The van der Waals surface area contributed by atoms with E-state index < -0.39 is 0 Å². The summed E-state index contributed by atoms with van der Waals surface area (Å²) in [6.45, 7) is 0. The Morgan fingerprint density at radius 2 is 2.17 bits per heavy atom. The fraction of sp³-hybridized carbons (Fsp3) is 0.214. The number of carbonyl (C=O) groups is 1. The van der Waals surface area contributed by atoms with E-state index in [-0.39, 0.29) is 18.0 Å². The third-order valence-electron chi connectivity index (χ3n) is 2.55. The van der Waals surface area contributed by atoms with Gasteiger partial charge in [0.25, 0.3) is 0 Å². The Kier molecular flexibility index (Phi) is 4.31. The smallest absolute Gasteiger partial charge is 0.137 e. The molecule has 18 heavy (non-hydrogen) atoms. The van der Waals surface area contributed by atoms with Crippen LogP contribution in [0.1, 0.15) is 17.7 Å². The van der Waals surface area contributed by atoms with Crippen molar-refractivity contribution in [3.8, 4) is 0 Å². The number of carbonyl (C=O) groups excluding carboxylic acids is 1. The molecule has 0 amide bonds. The molecule has 2 aromatic rings. The third-order valence-corrected chi connectivity index (χ3v) is 3.01. The number of Topliss-reactive ketones (excluding diaryl/α,β-unsaturated/α-hetero) is 1. The minimum atomic E-state index is -0.335. The predicted octanol–water partition coefficient (Wildman–Crippen LogP) is 3.93. The molecule has 0 aliphatic rings. The van der Waals surface area contributed by atoms with Crippen molar-refractivity contribution in [3.05, 3.63) is 58.2 Å². The molecule has 1 aromatic heterocycles. The summed E-state index contributed by atoms with van der Waals surface area (Å²) in [6, 6.07) is 8.15. The highest BCUT2D eigenvalue weighted by atomic mass is 79.9. The van der Waals surface area contributed by atoms with E-state index in [9.17, 15) is 9.18 Å². The lowest BCUT2D eigenvalue weighted by atomic mass is 10.1. The summed E-state index contributed by atoms with van der Waals surface area (Å²) in [7, 11) is 0. The van der Waals surface area contributed by atoms with Crippen molar-refractivity contribution in [2.45, 2.75) is 19.3 Å². The molecule has 0 atom stereocenters. The molecule has 0 unspecified atom stereocenters. The average molecular weight is 311 g/mol. The van der Waals surface area contributed by atoms with E-state index >= 15 is 0 Å².